The van der Waals surface area contributed by atoms with Gasteiger partial charge in [0.25, 0.3) is 0 Å². The fraction of sp³-hybridized carbons (Fsp3) is 0.333. The Morgan fingerprint density at radius 2 is 1.96 bits per heavy atom. The molecule has 1 atom stereocenters. The largest absolute Gasteiger partial charge is 0.274 e. The Kier molecular flexibility index (Phi) is 5.92. The number of carbonyl (C=O) groups is 2. The minimum absolute atomic E-state index is 0.114. The standard InChI is InChI=1S/C21H21N3O2S/c1-3-4-5-16-9-8-15(13-22)20(23-16)27-18-12-19(25)24(21(18)26)17-10-6-14(2)7-11-17/h6-11,18H,3-5,12H2,1-2H3. The summed E-state index contributed by atoms with van der Waals surface area (Å²) in [5, 5.41) is 9.34. The van der Waals surface area contributed by atoms with Crippen molar-refractivity contribution in [3.05, 3.63) is 53.2 Å². The molecule has 3 rings (SSSR count). The summed E-state index contributed by atoms with van der Waals surface area (Å²) in [4.78, 5) is 31.1. The zero-order chi connectivity index (χ0) is 19.4. The molecule has 1 unspecified atom stereocenters. The van der Waals surface area contributed by atoms with E-state index in [1.165, 1.54) is 16.7 Å². The Morgan fingerprint density at radius 3 is 2.63 bits per heavy atom. The third kappa shape index (κ3) is 4.20. The maximum absolute atomic E-state index is 12.8. The van der Waals surface area contributed by atoms with E-state index >= 15 is 0 Å². The first kappa shape index (κ1) is 19.1. The molecule has 2 amide bonds. The number of amides is 2. The van der Waals surface area contributed by atoms with Crippen molar-refractivity contribution in [2.75, 3.05) is 4.90 Å². The predicted octanol–water partition coefficient (Wildman–Crippen LogP) is 4.03. The van der Waals surface area contributed by atoms with Gasteiger partial charge in [-0.05, 0) is 44.0 Å². The molecule has 2 heterocycles. The first-order valence-electron chi connectivity index (χ1n) is 9.03. The van der Waals surface area contributed by atoms with E-state index in [1.54, 1.807) is 18.2 Å². The first-order valence-corrected chi connectivity index (χ1v) is 9.91. The van der Waals surface area contributed by atoms with Gasteiger partial charge >= 0.3 is 0 Å². The second-order valence-corrected chi connectivity index (χ2v) is 7.78. The lowest BCUT2D eigenvalue weighted by Gasteiger charge is -2.15. The van der Waals surface area contributed by atoms with Crippen LogP contribution in [0.1, 0.15) is 43.0 Å². The molecular weight excluding hydrogens is 358 g/mol. The molecule has 0 radical (unpaired) electrons. The van der Waals surface area contributed by atoms with Crippen molar-refractivity contribution in [3.8, 4) is 6.07 Å². The van der Waals surface area contributed by atoms with Gasteiger partial charge in [0, 0.05) is 12.1 Å². The highest BCUT2D eigenvalue weighted by molar-refractivity contribution is 8.00. The number of carbonyl (C=O) groups excluding carboxylic acids is 2. The second-order valence-electron chi connectivity index (χ2n) is 6.58. The molecule has 138 valence electrons. The van der Waals surface area contributed by atoms with E-state index in [1.807, 2.05) is 25.1 Å². The summed E-state index contributed by atoms with van der Waals surface area (Å²) in [5.41, 5.74) is 3.00. The number of aryl methyl sites for hydroxylation is 2. The molecule has 0 N–H and O–H groups in total. The molecule has 0 spiro atoms. The summed E-state index contributed by atoms with van der Waals surface area (Å²) < 4.78 is 0. The van der Waals surface area contributed by atoms with Gasteiger partial charge < -0.3 is 0 Å². The van der Waals surface area contributed by atoms with Gasteiger partial charge in [-0.1, -0.05) is 42.8 Å². The molecule has 0 saturated carbocycles. The summed E-state index contributed by atoms with van der Waals surface area (Å²) in [6, 6.07) is 13.1. The highest BCUT2D eigenvalue weighted by Gasteiger charge is 2.40. The lowest BCUT2D eigenvalue weighted by Crippen LogP contribution is -2.31. The number of hydrogen-bond donors (Lipinski definition) is 0. The minimum atomic E-state index is -0.556. The van der Waals surface area contributed by atoms with Gasteiger partial charge in [0.05, 0.1) is 16.5 Å². The maximum Gasteiger partial charge on any atom is 0.247 e. The average molecular weight is 379 g/mol. The summed E-state index contributed by atoms with van der Waals surface area (Å²) in [6.07, 6.45) is 3.03. The molecule has 2 aromatic rings. The van der Waals surface area contributed by atoms with Crippen LogP contribution in [0.25, 0.3) is 0 Å². The number of nitrogens with zero attached hydrogens (tertiary/aromatic N) is 3. The van der Waals surface area contributed by atoms with Gasteiger partial charge in [0.15, 0.2) is 0 Å². The van der Waals surface area contributed by atoms with Crippen LogP contribution in [0.2, 0.25) is 0 Å². The number of rotatable bonds is 6. The number of nitriles is 1. The smallest absolute Gasteiger partial charge is 0.247 e. The number of imide groups is 1. The molecule has 1 aromatic carbocycles. The molecule has 0 aliphatic carbocycles. The average Bonchev–Trinajstić information content (AvgIpc) is 2.94. The van der Waals surface area contributed by atoms with Gasteiger partial charge in [-0.2, -0.15) is 5.26 Å². The van der Waals surface area contributed by atoms with Crippen LogP contribution in [0, 0.1) is 18.3 Å². The molecular formula is C21H21N3O2S. The van der Waals surface area contributed by atoms with Gasteiger partial charge in [-0.25, -0.2) is 9.88 Å². The topological polar surface area (TPSA) is 74.1 Å². The number of benzene rings is 1. The summed E-state index contributed by atoms with van der Waals surface area (Å²) >= 11 is 1.22. The highest BCUT2D eigenvalue weighted by atomic mass is 32.2. The van der Waals surface area contributed by atoms with Crippen LogP contribution in [0.15, 0.2) is 41.4 Å². The fourth-order valence-corrected chi connectivity index (χ4v) is 4.06. The molecule has 0 bridgehead atoms. The molecule has 27 heavy (non-hydrogen) atoms. The number of anilines is 1. The van der Waals surface area contributed by atoms with E-state index in [9.17, 15) is 14.9 Å². The molecule has 1 aliphatic heterocycles. The number of thioether (sulfide) groups is 1. The Bertz CT molecular complexity index is 903. The molecule has 1 fully saturated rings. The quantitative estimate of drug-likeness (QED) is 0.709. The van der Waals surface area contributed by atoms with Crippen LogP contribution < -0.4 is 4.90 Å². The van der Waals surface area contributed by atoms with Crippen molar-refractivity contribution in [1.29, 1.82) is 5.26 Å². The van der Waals surface area contributed by atoms with Crippen molar-refractivity contribution in [2.24, 2.45) is 0 Å². The number of unbranched alkanes of at least 4 members (excludes halogenated alkanes) is 1. The van der Waals surface area contributed by atoms with Crippen molar-refractivity contribution in [2.45, 2.75) is 49.8 Å². The van der Waals surface area contributed by atoms with Crippen molar-refractivity contribution < 1.29 is 9.59 Å². The van der Waals surface area contributed by atoms with Crippen LogP contribution in [0.3, 0.4) is 0 Å². The number of aromatic nitrogens is 1. The van der Waals surface area contributed by atoms with Crippen LogP contribution >= 0.6 is 11.8 Å². The molecule has 1 aromatic heterocycles. The maximum atomic E-state index is 12.8. The van der Waals surface area contributed by atoms with E-state index in [2.05, 4.69) is 18.0 Å². The predicted molar refractivity (Wildman–Crippen MR) is 105 cm³/mol. The van der Waals surface area contributed by atoms with E-state index in [4.69, 9.17) is 0 Å². The van der Waals surface area contributed by atoms with Crippen molar-refractivity contribution >= 4 is 29.3 Å². The van der Waals surface area contributed by atoms with E-state index in [0.717, 1.165) is 30.5 Å². The molecule has 1 aliphatic rings. The molecule has 5 nitrogen and oxygen atoms in total. The Morgan fingerprint density at radius 1 is 1.22 bits per heavy atom. The van der Waals surface area contributed by atoms with E-state index < -0.39 is 5.25 Å². The Labute approximate surface area is 163 Å². The van der Waals surface area contributed by atoms with E-state index in [0.29, 0.717) is 16.3 Å². The summed E-state index contributed by atoms with van der Waals surface area (Å²) in [5.74, 6) is -0.472. The molecule has 6 heteroatoms. The SMILES string of the molecule is CCCCc1ccc(C#N)c(SC2CC(=O)N(c3ccc(C)cc3)C2=O)n1. The Balaban J connectivity index is 1.82. The normalized spacial score (nSPS) is 16.6. The van der Waals surface area contributed by atoms with Gasteiger partial charge in [-0.3, -0.25) is 9.59 Å². The van der Waals surface area contributed by atoms with Crippen LogP contribution in [0.5, 0.6) is 0 Å². The first-order chi connectivity index (χ1) is 13.0. The fourth-order valence-electron chi connectivity index (χ4n) is 2.95. The summed E-state index contributed by atoms with van der Waals surface area (Å²) in [7, 11) is 0. The summed E-state index contributed by atoms with van der Waals surface area (Å²) in [6.45, 7) is 4.07. The van der Waals surface area contributed by atoms with E-state index in [-0.39, 0.29) is 18.2 Å². The minimum Gasteiger partial charge on any atom is -0.274 e. The monoisotopic (exact) mass is 379 g/mol. The van der Waals surface area contributed by atoms with Crippen molar-refractivity contribution in [1.82, 2.24) is 4.98 Å². The second kappa shape index (κ2) is 8.36. The zero-order valence-corrected chi connectivity index (χ0v) is 16.3. The Hall–Kier alpha value is -2.65. The van der Waals surface area contributed by atoms with Gasteiger partial charge in [-0.15, -0.1) is 0 Å². The highest BCUT2D eigenvalue weighted by Crippen LogP contribution is 2.34. The van der Waals surface area contributed by atoms with Crippen LogP contribution in [0.4, 0.5) is 5.69 Å². The number of hydrogen-bond acceptors (Lipinski definition) is 5. The lowest BCUT2D eigenvalue weighted by atomic mass is 10.2. The number of pyridine rings is 1. The van der Waals surface area contributed by atoms with Gasteiger partial charge in [0.2, 0.25) is 11.8 Å². The van der Waals surface area contributed by atoms with Crippen LogP contribution in [-0.2, 0) is 16.0 Å². The lowest BCUT2D eigenvalue weighted by molar-refractivity contribution is -0.121. The van der Waals surface area contributed by atoms with Gasteiger partial charge in [0.1, 0.15) is 11.1 Å². The molecule has 1 saturated heterocycles. The van der Waals surface area contributed by atoms with Crippen molar-refractivity contribution in [3.63, 3.8) is 0 Å². The van der Waals surface area contributed by atoms with Crippen LogP contribution in [-0.4, -0.2) is 22.0 Å². The zero-order valence-electron chi connectivity index (χ0n) is 15.4. The third-order valence-corrected chi connectivity index (χ3v) is 5.66. The third-order valence-electron chi connectivity index (χ3n) is 4.48.